The Bertz CT molecular complexity index is 911. The van der Waals surface area contributed by atoms with E-state index in [9.17, 15) is 18.4 Å². The number of hydrogen-bond donors (Lipinski definition) is 1. The third-order valence-corrected chi connectivity index (χ3v) is 5.39. The molecule has 8 heteroatoms. The van der Waals surface area contributed by atoms with E-state index in [0.29, 0.717) is 37.2 Å². The molecule has 0 radical (unpaired) electrons. The zero-order chi connectivity index (χ0) is 19.1. The number of nitrogens with one attached hydrogen (secondary N) is 1. The minimum absolute atomic E-state index is 0.0769. The van der Waals surface area contributed by atoms with E-state index >= 15 is 0 Å². The van der Waals surface area contributed by atoms with Crippen LogP contribution in [-0.2, 0) is 22.6 Å². The number of benzene rings is 1. The van der Waals surface area contributed by atoms with Gasteiger partial charge in [-0.2, -0.15) is 5.10 Å². The van der Waals surface area contributed by atoms with Gasteiger partial charge in [0.15, 0.2) is 11.6 Å². The number of rotatable bonds is 2. The third-order valence-electron chi connectivity index (χ3n) is 5.39. The van der Waals surface area contributed by atoms with E-state index < -0.39 is 17.7 Å². The van der Waals surface area contributed by atoms with E-state index in [1.165, 1.54) is 19.1 Å². The highest BCUT2D eigenvalue weighted by atomic mass is 19.2. The van der Waals surface area contributed by atoms with Crippen molar-refractivity contribution in [3.8, 4) is 11.3 Å². The minimum Gasteiger partial charge on any atom is -0.336 e. The number of carbonyl (C=O) groups is 2. The number of amides is 2. The van der Waals surface area contributed by atoms with E-state index in [1.807, 2.05) is 0 Å². The summed E-state index contributed by atoms with van der Waals surface area (Å²) in [5, 5.41) is 7.06. The van der Waals surface area contributed by atoms with Crippen molar-refractivity contribution < 1.29 is 18.4 Å². The monoisotopic (exact) mass is 374 g/mol. The number of likely N-dealkylation sites (tertiary alicyclic amines) is 1. The summed E-state index contributed by atoms with van der Waals surface area (Å²) >= 11 is 0. The van der Waals surface area contributed by atoms with Crippen LogP contribution in [-0.4, -0.2) is 50.9 Å². The highest BCUT2D eigenvalue weighted by Gasteiger charge is 2.37. The Morgan fingerprint density at radius 1 is 1.26 bits per heavy atom. The SMILES string of the molecule is CC(=O)N1CCC[C@H]1C(=O)N1CCc2[nH]nc(-c3cccc(F)c3F)c2C1. The fourth-order valence-electron chi connectivity index (χ4n) is 4.00. The maximum atomic E-state index is 14.2. The molecule has 0 spiro atoms. The quantitative estimate of drug-likeness (QED) is 0.877. The lowest BCUT2D eigenvalue weighted by Crippen LogP contribution is -2.48. The average molecular weight is 374 g/mol. The highest BCUT2D eigenvalue weighted by molar-refractivity contribution is 5.87. The molecule has 4 rings (SSSR count). The molecule has 6 nitrogen and oxygen atoms in total. The lowest BCUT2D eigenvalue weighted by molar-refractivity contribution is -0.143. The number of halogens is 2. The summed E-state index contributed by atoms with van der Waals surface area (Å²) in [4.78, 5) is 28.1. The van der Waals surface area contributed by atoms with Crippen molar-refractivity contribution in [3.05, 3.63) is 41.1 Å². The average Bonchev–Trinajstić information content (AvgIpc) is 3.30. The van der Waals surface area contributed by atoms with Gasteiger partial charge in [0, 0.05) is 49.8 Å². The van der Waals surface area contributed by atoms with Crippen LogP contribution in [0.5, 0.6) is 0 Å². The Morgan fingerprint density at radius 2 is 2.07 bits per heavy atom. The molecule has 1 N–H and O–H groups in total. The van der Waals surface area contributed by atoms with Gasteiger partial charge in [0.2, 0.25) is 11.8 Å². The molecule has 1 atom stereocenters. The van der Waals surface area contributed by atoms with Crippen molar-refractivity contribution in [1.82, 2.24) is 20.0 Å². The minimum atomic E-state index is -0.950. The fourth-order valence-corrected chi connectivity index (χ4v) is 4.00. The summed E-state index contributed by atoms with van der Waals surface area (Å²) < 4.78 is 27.8. The smallest absolute Gasteiger partial charge is 0.245 e. The topological polar surface area (TPSA) is 69.3 Å². The molecule has 2 aromatic rings. The first-order valence-corrected chi connectivity index (χ1v) is 9.04. The highest BCUT2D eigenvalue weighted by Crippen LogP contribution is 2.32. The second-order valence-corrected chi connectivity index (χ2v) is 7.01. The number of aromatic nitrogens is 2. The number of carbonyl (C=O) groups excluding carboxylic acids is 2. The van der Waals surface area contributed by atoms with E-state index in [-0.39, 0.29) is 23.9 Å². The van der Waals surface area contributed by atoms with Crippen LogP contribution in [0.3, 0.4) is 0 Å². The molecule has 142 valence electrons. The second kappa shape index (κ2) is 6.75. The zero-order valence-electron chi connectivity index (χ0n) is 15.0. The molecular weight excluding hydrogens is 354 g/mol. The van der Waals surface area contributed by atoms with Crippen LogP contribution >= 0.6 is 0 Å². The summed E-state index contributed by atoms with van der Waals surface area (Å²) in [5.41, 5.74) is 1.93. The van der Waals surface area contributed by atoms with Gasteiger partial charge in [-0.25, -0.2) is 8.78 Å². The van der Waals surface area contributed by atoms with Crippen molar-refractivity contribution in [2.75, 3.05) is 13.1 Å². The Balaban J connectivity index is 1.62. The largest absolute Gasteiger partial charge is 0.336 e. The predicted octanol–water partition coefficient (Wildman–Crippen LogP) is 2.25. The maximum Gasteiger partial charge on any atom is 0.245 e. The van der Waals surface area contributed by atoms with Crippen LogP contribution in [0.25, 0.3) is 11.3 Å². The van der Waals surface area contributed by atoms with E-state index in [2.05, 4.69) is 10.2 Å². The first-order valence-electron chi connectivity index (χ1n) is 9.04. The number of aromatic amines is 1. The molecular formula is C19H20F2N4O2. The van der Waals surface area contributed by atoms with Crippen molar-refractivity contribution in [2.45, 2.75) is 38.8 Å². The fraction of sp³-hybridized carbons (Fsp3) is 0.421. The van der Waals surface area contributed by atoms with E-state index in [0.717, 1.165) is 18.2 Å². The molecule has 1 fully saturated rings. The molecule has 2 aliphatic rings. The van der Waals surface area contributed by atoms with Gasteiger partial charge in [0.25, 0.3) is 0 Å². The Kier molecular flexibility index (Phi) is 4.41. The molecule has 1 saturated heterocycles. The standard InChI is InChI=1S/C19H20F2N4O2/c1-11(26)25-8-3-6-16(25)19(27)24-9-7-15-13(10-24)18(23-22-15)12-4-2-5-14(20)17(12)21/h2,4-5,16H,3,6-10H2,1H3,(H,22,23)/t16-/m0/s1. The van der Waals surface area contributed by atoms with Gasteiger partial charge in [0.1, 0.15) is 11.7 Å². The summed E-state index contributed by atoms with van der Waals surface area (Å²) in [5.74, 6) is -2.08. The predicted molar refractivity (Wildman–Crippen MR) is 93.5 cm³/mol. The Hall–Kier alpha value is -2.77. The van der Waals surface area contributed by atoms with Gasteiger partial charge in [-0.1, -0.05) is 6.07 Å². The lowest BCUT2D eigenvalue weighted by atomic mass is 9.99. The number of fused-ring (bicyclic) bond motifs is 1. The molecule has 0 aliphatic carbocycles. The van der Waals surface area contributed by atoms with Crippen LogP contribution in [0.1, 0.15) is 31.0 Å². The Morgan fingerprint density at radius 3 is 2.85 bits per heavy atom. The van der Waals surface area contributed by atoms with Gasteiger partial charge in [0.05, 0.1) is 0 Å². The second-order valence-electron chi connectivity index (χ2n) is 7.01. The Labute approximate surface area is 155 Å². The number of hydrogen-bond acceptors (Lipinski definition) is 3. The van der Waals surface area contributed by atoms with Crippen LogP contribution in [0, 0.1) is 11.6 Å². The van der Waals surface area contributed by atoms with Crippen molar-refractivity contribution in [2.24, 2.45) is 0 Å². The van der Waals surface area contributed by atoms with E-state index in [1.54, 1.807) is 9.80 Å². The van der Waals surface area contributed by atoms with Crippen molar-refractivity contribution >= 4 is 11.8 Å². The van der Waals surface area contributed by atoms with Gasteiger partial charge in [-0.05, 0) is 25.0 Å². The number of H-pyrrole nitrogens is 1. The van der Waals surface area contributed by atoms with Crippen LogP contribution in [0.2, 0.25) is 0 Å². The third kappa shape index (κ3) is 2.98. The molecule has 27 heavy (non-hydrogen) atoms. The first kappa shape index (κ1) is 17.6. The molecule has 0 bridgehead atoms. The maximum absolute atomic E-state index is 14.2. The van der Waals surface area contributed by atoms with Gasteiger partial charge >= 0.3 is 0 Å². The molecule has 0 unspecified atom stereocenters. The van der Waals surface area contributed by atoms with Crippen molar-refractivity contribution in [3.63, 3.8) is 0 Å². The van der Waals surface area contributed by atoms with Crippen molar-refractivity contribution in [1.29, 1.82) is 0 Å². The summed E-state index contributed by atoms with van der Waals surface area (Å²) in [6.07, 6.45) is 2.01. The summed E-state index contributed by atoms with van der Waals surface area (Å²) in [6, 6.07) is 3.53. The van der Waals surface area contributed by atoms with Crippen LogP contribution < -0.4 is 0 Å². The van der Waals surface area contributed by atoms with Gasteiger partial charge in [-0.3, -0.25) is 14.7 Å². The molecule has 2 aliphatic heterocycles. The van der Waals surface area contributed by atoms with Crippen LogP contribution in [0.15, 0.2) is 18.2 Å². The number of nitrogens with zero attached hydrogens (tertiary/aromatic N) is 3. The molecule has 3 heterocycles. The summed E-state index contributed by atoms with van der Waals surface area (Å²) in [7, 11) is 0. The first-order chi connectivity index (χ1) is 13.0. The van der Waals surface area contributed by atoms with Gasteiger partial charge < -0.3 is 9.80 Å². The molecule has 2 amide bonds. The van der Waals surface area contributed by atoms with Gasteiger partial charge in [-0.15, -0.1) is 0 Å². The summed E-state index contributed by atoms with van der Waals surface area (Å²) in [6.45, 7) is 2.83. The molecule has 1 aromatic heterocycles. The lowest BCUT2D eigenvalue weighted by Gasteiger charge is -2.32. The van der Waals surface area contributed by atoms with E-state index in [4.69, 9.17) is 0 Å². The molecule has 0 saturated carbocycles. The van der Waals surface area contributed by atoms with Crippen LogP contribution in [0.4, 0.5) is 8.78 Å². The molecule has 1 aromatic carbocycles. The zero-order valence-corrected chi connectivity index (χ0v) is 15.0. The normalized spacial score (nSPS) is 19.3.